The number of rotatable bonds is 4. The summed E-state index contributed by atoms with van der Waals surface area (Å²) in [4.78, 5) is 9.24. The standard InChI is InChI=1S/C21H22N6OS/c1-28-14-2-3-18-17(9-14)26-21(29-18)15-8-13(10-24-20(15)22)16-11-25-27-19(16)12-4-6-23-7-5-12/h2-3,8-12,23H,4-7H2,1H3,(H2,22,24)(H,25,27). The Labute approximate surface area is 172 Å². The lowest BCUT2D eigenvalue weighted by atomic mass is 9.90. The molecule has 5 rings (SSSR count). The second-order valence-electron chi connectivity index (χ2n) is 7.23. The number of aromatic nitrogens is 4. The van der Waals surface area contributed by atoms with Gasteiger partial charge in [-0.2, -0.15) is 5.10 Å². The van der Waals surface area contributed by atoms with Crippen molar-refractivity contribution in [3.8, 4) is 27.4 Å². The lowest BCUT2D eigenvalue weighted by Crippen LogP contribution is -2.27. The Kier molecular flexibility index (Phi) is 4.65. The van der Waals surface area contributed by atoms with Gasteiger partial charge in [0, 0.05) is 35.0 Å². The van der Waals surface area contributed by atoms with Crippen LogP contribution in [0.25, 0.3) is 31.9 Å². The Balaban J connectivity index is 1.56. The van der Waals surface area contributed by atoms with Crippen LogP contribution in [0.4, 0.5) is 5.82 Å². The third kappa shape index (κ3) is 3.34. The molecule has 1 aliphatic rings. The number of ether oxygens (including phenoxy) is 1. The van der Waals surface area contributed by atoms with Crippen molar-refractivity contribution in [3.63, 3.8) is 0 Å². The van der Waals surface area contributed by atoms with Gasteiger partial charge in [-0.3, -0.25) is 5.10 Å². The molecule has 29 heavy (non-hydrogen) atoms. The molecule has 0 unspecified atom stereocenters. The fourth-order valence-corrected chi connectivity index (χ4v) is 4.86. The van der Waals surface area contributed by atoms with Crippen LogP contribution in [0.1, 0.15) is 24.5 Å². The van der Waals surface area contributed by atoms with Gasteiger partial charge in [-0.15, -0.1) is 11.3 Å². The fourth-order valence-electron chi connectivity index (χ4n) is 3.89. The van der Waals surface area contributed by atoms with Crippen molar-refractivity contribution in [2.75, 3.05) is 25.9 Å². The Morgan fingerprint density at radius 1 is 1.14 bits per heavy atom. The maximum atomic E-state index is 6.23. The van der Waals surface area contributed by atoms with Crippen molar-refractivity contribution in [1.82, 2.24) is 25.5 Å². The fraction of sp³-hybridized carbons (Fsp3) is 0.286. The molecule has 0 amide bonds. The molecule has 0 aliphatic carbocycles. The molecule has 0 radical (unpaired) electrons. The van der Waals surface area contributed by atoms with E-state index in [9.17, 15) is 0 Å². The molecule has 148 valence electrons. The lowest BCUT2D eigenvalue weighted by Gasteiger charge is -2.22. The van der Waals surface area contributed by atoms with E-state index in [2.05, 4.69) is 26.6 Å². The van der Waals surface area contributed by atoms with Crippen LogP contribution < -0.4 is 15.8 Å². The molecular weight excluding hydrogens is 384 g/mol. The number of hydrogen-bond donors (Lipinski definition) is 3. The first kappa shape index (κ1) is 18.1. The summed E-state index contributed by atoms with van der Waals surface area (Å²) in [6, 6.07) is 7.98. The zero-order valence-corrected chi connectivity index (χ0v) is 16.9. The van der Waals surface area contributed by atoms with Crippen LogP contribution in [0.3, 0.4) is 0 Å². The zero-order chi connectivity index (χ0) is 19.8. The number of thiazole rings is 1. The monoisotopic (exact) mass is 406 g/mol. The number of methoxy groups -OCH3 is 1. The van der Waals surface area contributed by atoms with E-state index in [1.54, 1.807) is 18.4 Å². The minimum Gasteiger partial charge on any atom is -0.497 e. The van der Waals surface area contributed by atoms with Gasteiger partial charge < -0.3 is 15.8 Å². The van der Waals surface area contributed by atoms with Gasteiger partial charge in [0.1, 0.15) is 16.6 Å². The third-order valence-electron chi connectivity index (χ3n) is 5.47. The topological polar surface area (TPSA) is 102 Å². The molecule has 1 aliphatic heterocycles. The van der Waals surface area contributed by atoms with Crippen molar-refractivity contribution < 1.29 is 4.74 Å². The third-order valence-corrected chi connectivity index (χ3v) is 6.54. The summed E-state index contributed by atoms with van der Waals surface area (Å²) in [7, 11) is 1.66. The van der Waals surface area contributed by atoms with Crippen LogP contribution in [-0.4, -0.2) is 40.4 Å². The Morgan fingerprint density at radius 3 is 2.83 bits per heavy atom. The highest BCUT2D eigenvalue weighted by atomic mass is 32.1. The quantitative estimate of drug-likeness (QED) is 0.476. The second-order valence-corrected chi connectivity index (χ2v) is 8.26. The van der Waals surface area contributed by atoms with E-state index >= 15 is 0 Å². The number of nitrogens with two attached hydrogens (primary N) is 1. The van der Waals surface area contributed by atoms with Gasteiger partial charge in [0.25, 0.3) is 0 Å². The van der Waals surface area contributed by atoms with Gasteiger partial charge in [-0.05, 0) is 44.1 Å². The Hall–Kier alpha value is -2.97. The number of hydrogen-bond acceptors (Lipinski definition) is 7. The lowest BCUT2D eigenvalue weighted by molar-refractivity contribution is 0.415. The normalized spacial score (nSPS) is 15.1. The maximum Gasteiger partial charge on any atom is 0.133 e. The Bertz CT molecular complexity index is 1160. The van der Waals surface area contributed by atoms with E-state index < -0.39 is 0 Å². The van der Waals surface area contributed by atoms with Crippen LogP contribution in [-0.2, 0) is 0 Å². The number of nitrogens with one attached hydrogen (secondary N) is 2. The van der Waals surface area contributed by atoms with E-state index in [4.69, 9.17) is 15.5 Å². The molecule has 8 heteroatoms. The largest absolute Gasteiger partial charge is 0.497 e. The van der Waals surface area contributed by atoms with E-state index in [0.29, 0.717) is 11.7 Å². The van der Waals surface area contributed by atoms with Crippen molar-refractivity contribution in [2.24, 2.45) is 0 Å². The molecule has 1 fully saturated rings. The molecule has 0 atom stereocenters. The summed E-state index contributed by atoms with van der Waals surface area (Å²) >= 11 is 1.60. The van der Waals surface area contributed by atoms with Crippen LogP contribution in [0.5, 0.6) is 5.75 Å². The number of pyridine rings is 1. The number of nitrogen functional groups attached to an aromatic ring is 1. The van der Waals surface area contributed by atoms with E-state index in [0.717, 1.165) is 63.6 Å². The summed E-state index contributed by atoms with van der Waals surface area (Å²) in [6.07, 6.45) is 5.91. The van der Waals surface area contributed by atoms with Gasteiger partial charge in [-0.25, -0.2) is 9.97 Å². The predicted molar refractivity (Wildman–Crippen MR) is 116 cm³/mol. The van der Waals surface area contributed by atoms with E-state index in [1.807, 2.05) is 30.6 Å². The molecule has 4 heterocycles. The number of piperidine rings is 1. The summed E-state index contributed by atoms with van der Waals surface area (Å²) in [6.45, 7) is 2.06. The molecule has 7 nitrogen and oxygen atoms in total. The van der Waals surface area contributed by atoms with Crippen LogP contribution in [0.2, 0.25) is 0 Å². The van der Waals surface area contributed by atoms with E-state index in [1.165, 1.54) is 5.69 Å². The molecule has 1 aromatic carbocycles. The van der Waals surface area contributed by atoms with Crippen molar-refractivity contribution >= 4 is 27.4 Å². The molecule has 1 saturated heterocycles. The second kappa shape index (κ2) is 7.46. The maximum absolute atomic E-state index is 6.23. The summed E-state index contributed by atoms with van der Waals surface area (Å²) in [5.41, 5.74) is 11.3. The van der Waals surface area contributed by atoms with Crippen LogP contribution in [0, 0.1) is 0 Å². The molecular formula is C21H22N6OS. The van der Waals surface area contributed by atoms with Crippen LogP contribution in [0.15, 0.2) is 36.7 Å². The first-order chi connectivity index (χ1) is 14.2. The number of fused-ring (bicyclic) bond motifs is 1. The van der Waals surface area contributed by atoms with Crippen molar-refractivity contribution in [2.45, 2.75) is 18.8 Å². The van der Waals surface area contributed by atoms with E-state index in [-0.39, 0.29) is 0 Å². The van der Waals surface area contributed by atoms with Gasteiger partial charge in [0.2, 0.25) is 0 Å². The number of H-pyrrole nitrogens is 1. The van der Waals surface area contributed by atoms with Gasteiger partial charge in [0.15, 0.2) is 0 Å². The zero-order valence-electron chi connectivity index (χ0n) is 16.1. The smallest absolute Gasteiger partial charge is 0.133 e. The molecule has 3 aromatic heterocycles. The number of anilines is 1. The van der Waals surface area contributed by atoms with Gasteiger partial charge in [0.05, 0.1) is 29.1 Å². The first-order valence-electron chi connectivity index (χ1n) is 9.68. The highest BCUT2D eigenvalue weighted by Crippen LogP contribution is 2.38. The number of benzene rings is 1. The number of aromatic amines is 1. The van der Waals surface area contributed by atoms with Crippen molar-refractivity contribution in [3.05, 3.63) is 42.4 Å². The Morgan fingerprint density at radius 2 is 2.00 bits per heavy atom. The average molecular weight is 407 g/mol. The molecule has 0 spiro atoms. The highest BCUT2D eigenvalue weighted by Gasteiger charge is 2.22. The average Bonchev–Trinajstić information content (AvgIpc) is 3.41. The minimum atomic E-state index is 0.477. The van der Waals surface area contributed by atoms with Crippen LogP contribution >= 0.6 is 11.3 Å². The number of nitrogens with zero attached hydrogens (tertiary/aromatic N) is 3. The summed E-state index contributed by atoms with van der Waals surface area (Å²) in [5.74, 6) is 1.75. The molecule has 4 aromatic rings. The summed E-state index contributed by atoms with van der Waals surface area (Å²) < 4.78 is 6.40. The highest BCUT2D eigenvalue weighted by molar-refractivity contribution is 7.21. The predicted octanol–water partition coefficient (Wildman–Crippen LogP) is 3.81. The van der Waals surface area contributed by atoms with Gasteiger partial charge in [-0.1, -0.05) is 0 Å². The molecule has 0 saturated carbocycles. The SMILES string of the molecule is COc1ccc2sc(-c3cc(-c4cn[nH]c4C4CCNCC4)cnc3N)nc2c1. The first-order valence-corrected chi connectivity index (χ1v) is 10.5. The minimum absolute atomic E-state index is 0.477. The van der Waals surface area contributed by atoms with Crippen molar-refractivity contribution in [1.29, 1.82) is 0 Å². The summed E-state index contributed by atoms with van der Waals surface area (Å²) in [5, 5.41) is 11.8. The molecule has 4 N–H and O–H groups in total. The molecule has 0 bridgehead atoms. The van der Waals surface area contributed by atoms with Gasteiger partial charge >= 0.3 is 0 Å².